The summed E-state index contributed by atoms with van der Waals surface area (Å²) in [5, 5.41) is 9.66. The smallest absolute Gasteiger partial charge is 0.132 e. The first-order valence-corrected chi connectivity index (χ1v) is 5.57. The molecule has 1 nitrogen and oxygen atoms in total. The van der Waals surface area contributed by atoms with Crippen LogP contribution in [0.2, 0.25) is 0 Å². The van der Waals surface area contributed by atoms with Crippen LogP contribution in [0.25, 0.3) is 0 Å². The Bertz CT molecular complexity index is 297. The number of halogens is 2. The summed E-state index contributed by atoms with van der Waals surface area (Å²) in [7, 11) is 0. The Hall–Kier alpha value is 0.230. The summed E-state index contributed by atoms with van der Waals surface area (Å²) in [6.07, 6.45) is 0. The molecule has 3 heteroatoms. The van der Waals surface area contributed by atoms with Crippen molar-refractivity contribution in [1.82, 2.24) is 0 Å². The van der Waals surface area contributed by atoms with E-state index in [9.17, 15) is 5.11 Å². The largest absolute Gasteiger partial charge is 0.507 e. The van der Waals surface area contributed by atoms with Crippen LogP contribution in [-0.4, -0.2) is 5.11 Å². The lowest BCUT2D eigenvalue weighted by atomic mass is 10.0. The van der Waals surface area contributed by atoms with Crippen LogP contribution in [0, 0.1) is 3.57 Å². The number of phenolic OH excluding ortho intramolecular Hbond substituents is 1. The van der Waals surface area contributed by atoms with Gasteiger partial charge in [-0.2, -0.15) is 0 Å². The van der Waals surface area contributed by atoms with Gasteiger partial charge in [0.05, 0.1) is 3.57 Å². The molecule has 0 atom stereocenters. The van der Waals surface area contributed by atoms with Crippen LogP contribution in [-0.2, 0) is 0 Å². The summed E-state index contributed by atoms with van der Waals surface area (Å²) in [5.74, 6) is 0.768. The van der Waals surface area contributed by atoms with Crippen LogP contribution in [0.15, 0.2) is 16.6 Å². The Kier molecular flexibility index (Phi) is 3.40. The number of benzene rings is 1. The monoisotopic (exact) mass is 340 g/mol. The first-order chi connectivity index (χ1) is 5.52. The third-order valence-corrected chi connectivity index (χ3v) is 2.96. The van der Waals surface area contributed by atoms with Crippen molar-refractivity contribution < 1.29 is 5.11 Å². The molecule has 0 fully saturated rings. The van der Waals surface area contributed by atoms with Crippen molar-refractivity contribution in [3.05, 3.63) is 25.7 Å². The van der Waals surface area contributed by atoms with Crippen LogP contribution in [0.1, 0.15) is 25.3 Å². The van der Waals surface area contributed by atoms with E-state index in [1.165, 1.54) is 0 Å². The van der Waals surface area contributed by atoms with Gasteiger partial charge in [-0.15, -0.1) is 0 Å². The first-order valence-electron chi connectivity index (χ1n) is 3.70. The maximum absolute atomic E-state index is 9.66. The van der Waals surface area contributed by atoms with Crippen LogP contribution < -0.4 is 0 Å². The fourth-order valence-electron chi connectivity index (χ4n) is 1.03. The molecule has 0 aromatic heterocycles. The highest BCUT2D eigenvalue weighted by Crippen LogP contribution is 2.33. The summed E-state index contributed by atoms with van der Waals surface area (Å²) in [4.78, 5) is 0. The van der Waals surface area contributed by atoms with Crippen molar-refractivity contribution >= 4 is 38.5 Å². The molecule has 0 aliphatic carbocycles. The quantitative estimate of drug-likeness (QED) is 0.769. The van der Waals surface area contributed by atoms with Crippen molar-refractivity contribution in [3.8, 4) is 5.75 Å². The molecule has 12 heavy (non-hydrogen) atoms. The first kappa shape index (κ1) is 10.3. The molecule has 0 saturated carbocycles. The molecular formula is C9H10BrIO. The molecule has 1 aromatic rings. The highest BCUT2D eigenvalue weighted by molar-refractivity contribution is 14.1. The topological polar surface area (TPSA) is 20.2 Å². The highest BCUT2D eigenvalue weighted by atomic mass is 127. The minimum absolute atomic E-state index is 0.357. The lowest BCUT2D eigenvalue weighted by molar-refractivity contribution is 0.461. The van der Waals surface area contributed by atoms with E-state index in [4.69, 9.17) is 0 Å². The van der Waals surface area contributed by atoms with Gasteiger partial charge < -0.3 is 5.11 Å². The minimum Gasteiger partial charge on any atom is -0.507 e. The van der Waals surface area contributed by atoms with Crippen molar-refractivity contribution in [3.63, 3.8) is 0 Å². The van der Waals surface area contributed by atoms with Crippen LogP contribution in [0.5, 0.6) is 5.75 Å². The van der Waals surface area contributed by atoms with Crippen LogP contribution in [0.4, 0.5) is 0 Å². The minimum atomic E-state index is 0.357. The van der Waals surface area contributed by atoms with Gasteiger partial charge in [0.25, 0.3) is 0 Å². The molecule has 0 bridgehead atoms. The van der Waals surface area contributed by atoms with E-state index in [0.717, 1.165) is 13.6 Å². The Balaban J connectivity index is 3.28. The Morgan fingerprint density at radius 1 is 1.42 bits per heavy atom. The molecule has 66 valence electrons. The fraction of sp³-hybridized carbons (Fsp3) is 0.333. The Morgan fingerprint density at radius 2 is 2.00 bits per heavy atom. The SMILES string of the molecule is CC(C)c1cc(Br)cc(I)c1O. The molecule has 0 aliphatic heterocycles. The number of rotatable bonds is 1. The summed E-state index contributed by atoms with van der Waals surface area (Å²) in [6.45, 7) is 4.13. The van der Waals surface area contributed by atoms with E-state index in [1.54, 1.807) is 0 Å². The Labute approximate surface area is 94.4 Å². The molecule has 0 amide bonds. The fourth-order valence-corrected chi connectivity index (χ4v) is 2.58. The van der Waals surface area contributed by atoms with Gasteiger partial charge in [-0.3, -0.25) is 0 Å². The van der Waals surface area contributed by atoms with Gasteiger partial charge in [0, 0.05) is 4.47 Å². The van der Waals surface area contributed by atoms with Gasteiger partial charge in [0.2, 0.25) is 0 Å². The van der Waals surface area contributed by atoms with Crippen molar-refractivity contribution in [2.75, 3.05) is 0 Å². The second-order valence-electron chi connectivity index (χ2n) is 2.98. The van der Waals surface area contributed by atoms with E-state index in [0.29, 0.717) is 11.7 Å². The zero-order valence-electron chi connectivity index (χ0n) is 6.94. The molecule has 0 saturated heterocycles. The summed E-state index contributed by atoms with van der Waals surface area (Å²) >= 11 is 5.53. The van der Waals surface area contributed by atoms with Gasteiger partial charge in [0.1, 0.15) is 5.75 Å². The summed E-state index contributed by atoms with van der Waals surface area (Å²) in [5.41, 5.74) is 0.994. The number of hydrogen-bond donors (Lipinski definition) is 1. The van der Waals surface area contributed by atoms with Gasteiger partial charge >= 0.3 is 0 Å². The predicted octanol–water partition coefficient (Wildman–Crippen LogP) is 3.88. The number of phenols is 1. The average Bonchev–Trinajstić information content (AvgIpc) is 1.96. The van der Waals surface area contributed by atoms with Gasteiger partial charge in [-0.25, -0.2) is 0 Å². The van der Waals surface area contributed by atoms with E-state index < -0.39 is 0 Å². The van der Waals surface area contributed by atoms with Crippen LogP contribution >= 0.6 is 38.5 Å². The predicted molar refractivity (Wildman–Crippen MR) is 62.6 cm³/mol. The molecule has 0 unspecified atom stereocenters. The standard InChI is InChI=1S/C9H10BrIO/c1-5(2)7-3-6(10)4-8(11)9(7)12/h3-5,12H,1-2H3. The maximum Gasteiger partial charge on any atom is 0.132 e. The number of hydrogen-bond acceptors (Lipinski definition) is 1. The molecular weight excluding hydrogens is 331 g/mol. The second kappa shape index (κ2) is 3.96. The zero-order valence-corrected chi connectivity index (χ0v) is 10.7. The zero-order chi connectivity index (χ0) is 9.30. The van der Waals surface area contributed by atoms with E-state index in [2.05, 4.69) is 52.4 Å². The van der Waals surface area contributed by atoms with Gasteiger partial charge in [-0.1, -0.05) is 29.8 Å². The second-order valence-corrected chi connectivity index (χ2v) is 5.06. The maximum atomic E-state index is 9.66. The summed E-state index contributed by atoms with van der Waals surface area (Å²) in [6, 6.07) is 3.87. The van der Waals surface area contributed by atoms with Gasteiger partial charge in [0.15, 0.2) is 0 Å². The molecule has 0 spiro atoms. The molecule has 1 aromatic carbocycles. The normalized spacial score (nSPS) is 10.8. The van der Waals surface area contributed by atoms with Crippen molar-refractivity contribution in [2.24, 2.45) is 0 Å². The molecule has 0 aliphatic rings. The molecule has 1 rings (SSSR count). The van der Waals surface area contributed by atoms with Crippen molar-refractivity contribution in [2.45, 2.75) is 19.8 Å². The average molecular weight is 341 g/mol. The third kappa shape index (κ3) is 2.13. The lowest BCUT2D eigenvalue weighted by Gasteiger charge is -2.09. The lowest BCUT2D eigenvalue weighted by Crippen LogP contribution is -1.90. The van der Waals surface area contributed by atoms with Crippen molar-refractivity contribution in [1.29, 1.82) is 0 Å². The van der Waals surface area contributed by atoms with E-state index in [1.807, 2.05) is 12.1 Å². The molecule has 0 radical (unpaired) electrons. The van der Waals surface area contributed by atoms with E-state index >= 15 is 0 Å². The highest BCUT2D eigenvalue weighted by Gasteiger charge is 2.09. The third-order valence-electron chi connectivity index (χ3n) is 1.68. The number of aromatic hydroxyl groups is 1. The summed E-state index contributed by atoms with van der Waals surface area (Å²) < 4.78 is 1.92. The van der Waals surface area contributed by atoms with E-state index in [-0.39, 0.29) is 0 Å². The Morgan fingerprint density at radius 3 is 2.50 bits per heavy atom. The molecule has 1 N–H and O–H groups in total. The van der Waals surface area contributed by atoms with Gasteiger partial charge in [-0.05, 0) is 46.2 Å². The van der Waals surface area contributed by atoms with Crippen LogP contribution in [0.3, 0.4) is 0 Å². The molecule has 0 heterocycles.